The molecule has 0 aliphatic carbocycles. The van der Waals surface area contributed by atoms with Crippen molar-refractivity contribution >= 4 is 34.7 Å². The molecule has 0 saturated heterocycles. The number of carbonyl (C=O) groups is 3. The minimum absolute atomic E-state index is 0.00904. The summed E-state index contributed by atoms with van der Waals surface area (Å²) in [6.45, 7) is 1.24. The standard InChI is InChI=1S/C18H18FN3O3S/c19-14-2-1-12(9-13(14)18(20)25)21-16(23)3-4-17(24)22-7-5-15-11(10-22)6-8-26-15/h1-2,6,8-9H,3-5,7,10H2,(H2,20,25)(H,21,23). The summed E-state index contributed by atoms with van der Waals surface area (Å²) in [7, 11) is 0. The number of amides is 3. The largest absolute Gasteiger partial charge is 0.366 e. The fourth-order valence-electron chi connectivity index (χ4n) is 2.86. The lowest BCUT2D eigenvalue weighted by Gasteiger charge is -2.27. The number of hydrogen-bond donors (Lipinski definition) is 2. The summed E-state index contributed by atoms with van der Waals surface area (Å²) in [5, 5.41) is 4.57. The molecule has 1 aliphatic rings. The summed E-state index contributed by atoms with van der Waals surface area (Å²) in [6, 6.07) is 5.61. The zero-order valence-electron chi connectivity index (χ0n) is 14.0. The highest BCUT2D eigenvalue weighted by Crippen LogP contribution is 2.24. The molecule has 136 valence electrons. The van der Waals surface area contributed by atoms with Crippen LogP contribution in [0.5, 0.6) is 0 Å². The molecule has 0 unspecified atom stereocenters. The number of anilines is 1. The van der Waals surface area contributed by atoms with Gasteiger partial charge in [-0.05, 0) is 41.6 Å². The van der Waals surface area contributed by atoms with Crippen molar-refractivity contribution < 1.29 is 18.8 Å². The Bertz CT molecular complexity index is 865. The summed E-state index contributed by atoms with van der Waals surface area (Å²) in [5.74, 6) is -2.11. The fourth-order valence-corrected chi connectivity index (χ4v) is 3.74. The van der Waals surface area contributed by atoms with E-state index in [0.717, 1.165) is 12.5 Å². The number of nitrogens with zero attached hydrogens (tertiary/aromatic N) is 1. The van der Waals surface area contributed by atoms with Gasteiger partial charge in [-0.1, -0.05) is 0 Å². The van der Waals surface area contributed by atoms with E-state index in [1.54, 1.807) is 16.2 Å². The minimum Gasteiger partial charge on any atom is -0.366 e. The van der Waals surface area contributed by atoms with Crippen molar-refractivity contribution in [1.82, 2.24) is 4.90 Å². The molecule has 6 nitrogen and oxygen atoms in total. The van der Waals surface area contributed by atoms with E-state index in [4.69, 9.17) is 5.73 Å². The van der Waals surface area contributed by atoms with Crippen LogP contribution in [0.25, 0.3) is 0 Å². The molecule has 1 aliphatic heterocycles. The highest BCUT2D eigenvalue weighted by Gasteiger charge is 2.21. The molecule has 1 aromatic heterocycles. The Hall–Kier alpha value is -2.74. The van der Waals surface area contributed by atoms with Crippen LogP contribution in [0.1, 0.15) is 33.6 Å². The summed E-state index contributed by atoms with van der Waals surface area (Å²) in [6.07, 6.45) is 0.945. The van der Waals surface area contributed by atoms with Crippen molar-refractivity contribution in [3.63, 3.8) is 0 Å². The van der Waals surface area contributed by atoms with Gasteiger partial charge < -0.3 is 16.0 Å². The van der Waals surface area contributed by atoms with Crippen molar-refractivity contribution in [2.24, 2.45) is 5.73 Å². The number of thiophene rings is 1. The lowest BCUT2D eigenvalue weighted by atomic mass is 10.1. The summed E-state index contributed by atoms with van der Waals surface area (Å²) < 4.78 is 13.4. The number of carbonyl (C=O) groups excluding carboxylic acids is 3. The molecule has 0 fully saturated rings. The van der Waals surface area contributed by atoms with Crippen LogP contribution in [0.3, 0.4) is 0 Å². The number of fused-ring (bicyclic) bond motifs is 1. The first-order chi connectivity index (χ1) is 12.4. The van der Waals surface area contributed by atoms with Crippen molar-refractivity contribution in [3.8, 4) is 0 Å². The summed E-state index contributed by atoms with van der Waals surface area (Å²) in [4.78, 5) is 38.6. The molecule has 1 aromatic carbocycles. The molecule has 0 radical (unpaired) electrons. The third-order valence-corrected chi connectivity index (χ3v) is 5.26. The first-order valence-corrected chi connectivity index (χ1v) is 9.04. The van der Waals surface area contributed by atoms with Gasteiger partial charge in [-0.15, -0.1) is 11.3 Å². The third-order valence-electron chi connectivity index (χ3n) is 4.24. The summed E-state index contributed by atoms with van der Waals surface area (Å²) in [5.41, 5.74) is 6.22. The number of nitrogens with two attached hydrogens (primary N) is 1. The number of hydrogen-bond acceptors (Lipinski definition) is 4. The maximum absolute atomic E-state index is 13.4. The second-order valence-electron chi connectivity index (χ2n) is 6.04. The molecular formula is C18H18FN3O3S. The number of halogens is 1. The maximum Gasteiger partial charge on any atom is 0.251 e. The van der Waals surface area contributed by atoms with E-state index in [-0.39, 0.29) is 35.9 Å². The Morgan fingerprint density at radius 3 is 2.81 bits per heavy atom. The highest BCUT2D eigenvalue weighted by atomic mass is 32.1. The van der Waals surface area contributed by atoms with Crippen LogP contribution in [0.15, 0.2) is 29.6 Å². The first-order valence-electron chi connectivity index (χ1n) is 8.16. The molecule has 0 atom stereocenters. The monoisotopic (exact) mass is 375 g/mol. The highest BCUT2D eigenvalue weighted by molar-refractivity contribution is 7.10. The van der Waals surface area contributed by atoms with E-state index >= 15 is 0 Å². The van der Waals surface area contributed by atoms with E-state index in [1.165, 1.54) is 22.6 Å². The minimum atomic E-state index is -0.910. The molecule has 0 saturated carbocycles. The van der Waals surface area contributed by atoms with Crippen molar-refractivity contribution in [2.75, 3.05) is 11.9 Å². The van der Waals surface area contributed by atoms with Gasteiger partial charge in [0.25, 0.3) is 5.91 Å². The van der Waals surface area contributed by atoms with Crippen LogP contribution in [0.4, 0.5) is 10.1 Å². The van der Waals surface area contributed by atoms with Gasteiger partial charge in [-0.2, -0.15) is 0 Å². The predicted molar refractivity (Wildman–Crippen MR) is 96.2 cm³/mol. The van der Waals surface area contributed by atoms with E-state index < -0.39 is 11.7 Å². The average Bonchev–Trinajstić information content (AvgIpc) is 3.08. The van der Waals surface area contributed by atoms with Gasteiger partial charge in [0.05, 0.1) is 5.56 Å². The molecular weight excluding hydrogens is 357 g/mol. The molecule has 3 rings (SSSR count). The van der Waals surface area contributed by atoms with Crippen molar-refractivity contribution in [3.05, 3.63) is 51.5 Å². The Kier molecular flexibility index (Phi) is 5.32. The van der Waals surface area contributed by atoms with Crippen LogP contribution in [0, 0.1) is 5.82 Å². The molecule has 26 heavy (non-hydrogen) atoms. The fraction of sp³-hybridized carbons (Fsp3) is 0.278. The second-order valence-corrected chi connectivity index (χ2v) is 7.04. The number of nitrogens with one attached hydrogen (secondary N) is 1. The van der Waals surface area contributed by atoms with Gasteiger partial charge >= 0.3 is 0 Å². The SMILES string of the molecule is NC(=O)c1cc(NC(=O)CCC(=O)N2CCc3sccc3C2)ccc1F. The van der Waals surface area contributed by atoms with Gasteiger partial charge in [0.2, 0.25) is 11.8 Å². The average molecular weight is 375 g/mol. The van der Waals surface area contributed by atoms with Crippen molar-refractivity contribution in [2.45, 2.75) is 25.8 Å². The molecule has 2 heterocycles. The zero-order valence-corrected chi connectivity index (χ0v) is 14.8. The number of primary amides is 1. The van der Waals surface area contributed by atoms with Crippen LogP contribution in [-0.2, 0) is 22.6 Å². The lowest BCUT2D eigenvalue weighted by molar-refractivity contribution is -0.133. The van der Waals surface area contributed by atoms with Gasteiger partial charge in [0, 0.05) is 36.5 Å². The van der Waals surface area contributed by atoms with Crippen LogP contribution in [-0.4, -0.2) is 29.2 Å². The third kappa shape index (κ3) is 4.08. The lowest BCUT2D eigenvalue weighted by Crippen LogP contribution is -2.35. The van der Waals surface area contributed by atoms with Gasteiger partial charge in [0.1, 0.15) is 5.82 Å². The molecule has 3 N–H and O–H groups in total. The first kappa shape index (κ1) is 18.1. The Morgan fingerprint density at radius 2 is 2.04 bits per heavy atom. The smallest absolute Gasteiger partial charge is 0.251 e. The van der Waals surface area contributed by atoms with Gasteiger partial charge in [-0.3, -0.25) is 14.4 Å². The normalized spacial score (nSPS) is 13.2. The van der Waals surface area contributed by atoms with E-state index in [9.17, 15) is 18.8 Å². The van der Waals surface area contributed by atoms with Gasteiger partial charge in [0.15, 0.2) is 0 Å². The molecule has 0 bridgehead atoms. The van der Waals surface area contributed by atoms with E-state index in [2.05, 4.69) is 5.32 Å². The Labute approximate surface area is 153 Å². The van der Waals surface area contributed by atoms with Crippen LogP contribution in [0.2, 0.25) is 0 Å². The number of rotatable bonds is 5. The zero-order chi connectivity index (χ0) is 18.7. The van der Waals surface area contributed by atoms with Gasteiger partial charge in [-0.25, -0.2) is 4.39 Å². The van der Waals surface area contributed by atoms with E-state index in [1.807, 2.05) is 11.4 Å². The molecule has 8 heteroatoms. The molecule has 3 amide bonds. The topological polar surface area (TPSA) is 92.5 Å². The Morgan fingerprint density at radius 1 is 1.23 bits per heavy atom. The molecule has 0 spiro atoms. The quantitative estimate of drug-likeness (QED) is 0.840. The Balaban J connectivity index is 1.52. The van der Waals surface area contributed by atoms with Crippen molar-refractivity contribution in [1.29, 1.82) is 0 Å². The van der Waals surface area contributed by atoms with E-state index in [0.29, 0.717) is 13.1 Å². The molecule has 2 aromatic rings. The number of benzene rings is 1. The maximum atomic E-state index is 13.4. The van der Waals surface area contributed by atoms with Crippen LogP contribution >= 0.6 is 11.3 Å². The predicted octanol–water partition coefficient (Wildman–Crippen LogP) is 2.29. The summed E-state index contributed by atoms with van der Waals surface area (Å²) >= 11 is 1.70. The second kappa shape index (κ2) is 7.65. The van der Waals surface area contributed by atoms with Crippen LogP contribution < -0.4 is 11.1 Å².